The fourth-order valence-corrected chi connectivity index (χ4v) is 0.960. The maximum absolute atomic E-state index is 2.40. The van der Waals surface area contributed by atoms with Crippen molar-refractivity contribution in [3.63, 3.8) is 0 Å². The van der Waals surface area contributed by atoms with Crippen LogP contribution in [0.4, 0.5) is 0 Å². The molecule has 0 aromatic heterocycles. The third-order valence-corrected chi connectivity index (χ3v) is 1.43. The van der Waals surface area contributed by atoms with Gasteiger partial charge in [-0.2, -0.15) is 12.3 Å². The average Bonchev–Trinajstić information content (AvgIpc) is 1.86. The second kappa shape index (κ2) is 3.51. The van der Waals surface area contributed by atoms with Gasteiger partial charge in [0.25, 0.3) is 0 Å². The molecule has 0 bridgehead atoms. The molecule has 1 aliphatic rings. The molecule has 0 spiro atoms. The Morgan fingerprint density at radius 3 is 2.43 bits per heavy atom. The van der Waals surface area contributed by atoms with E-state index in [2.05, 4.69) is 13.3 Å². The van der Waals surface area contributed by atoms with Gasteiger partial charge < -0.3 is 6.42 Å². The molecule has 0 aromatic rings. The van der Waals surface area contributed by atoms with Gasteiger partial charge in [0.15, 0.2) is 0 Å². The Morgan fingerprint density at radius 1 is 1.57 bits per heavy atom. The van der Waals surface area contributed by atoms with Crippen LogP contribution in [-0.4, -0.2) is 0 Å². The molecule has 7 heavy (non-hydrogen) atoms. The second-order valence-electron chi connectivity index (χ2n) is 2.14. The summed E-state index contributed by atoms with van der Waals surface area (Å²) in [5.74, 6) is 0.921. The minimum atomic E-state index is 0. The molecular weight excluding hydrogens is 136 g/mol. The Bertz CT molecular complexity index is 37.4. The molecule has 0 amide bonds. The van der Waals surface area contributed by atoms with Crippen LogP contribution >= 0.6 is 0 Å². The minimum Gasteiger partial charge on any atom is -0.326 e. The van der Waals surface area contributed by atoms with E-state index in [1.165, 1.54) is 19.3 Å². The van der Waals surface area contributed by atoms with Gasteiger partial charge in [-0.1, -0.05) is 19.8 Å². The van der Waals surface area contributed by atoms with Crippen LogP contribution in [0.3, 0.4) is 0 Å². The van der Waals surface area contributed by atoms with Crippen LogP contribution < -0.4 is 0 Å². The van der Waals surface area contributed by atoms with Gasteiger partial charge in [-0.25, -0.2) is 0 Å². The van der Waals surface area contributed by atoms with E-state index in [4.69, 9.17) is 0 Å². The zero-order chi connectivity index (χ0) is 4.41. The number of hydrogen-bond donors (Lipinski definition) is 0. The van der Waals surface area contributed by atoms with E-state index in [-0.39, 0.29) is 17.1 Å². The van der Waals surface area contributed by atoms with Crippen molar-refractivity contribution in [2.45, 2.75) is 26.2 Å². The topological polar surface area (TPSA) is 0 Å². The van der Waals surface area contributed by atoms with Crippen LogP contribution in [0.15, 0.2) is 0 Å². The molecule has 0 aromatic carbocycles. The maximum atomic E-state index is 2.40. The molecule has 1 aliphatic carbocycles. The van der Waals surface area contributed by atoms with Crippen LogP contribution in [-0.2, 0) is 17.1 Å². The van der Waals surface area contributed by atoms with Crippen LogP contribution in [0.25, 0.3) is 0 Å². The fourth-order valence-electron chi connectivity index (χ4n) is 0.960. The summed E-state index contributed by atoms with van der Waals surface area (Å²) in [6.45, 7) is 2.28. The predicted molar refractivity (Wildman–Crippen MR) is 27.3 cm³/mol. The Balaban J connectivity index is 0.000000360. The molecule has 1 rings (SSSR count). The van der Waals surface area contributed by atoms with Crippen LogP contribution in [0.5, 0.6) is 0 Å². The summed E-state index contributed by atoms with van der Waals surface area (Å²) in [7, 11) is 0. The first-order chi connectivity index (χ1) is 2.89. The summed E-state index contributed by atoms with van der Waals surface area (Å²) in [5.41, 5.74) is 0. The molecule has 0 aliphatic heterocycles. The minimum absolute atomic E-state index is 0. The van der Waals surface area contributed by atoms with Crippen molar-refractivity contribution in [3.8, 4) is 0 Å². The molecule has 1 atom stereocenters. The van der Waals surface area contributed by atoms with E-state index >= 15 is 0 Å². The molecule has 0 heterocycles. The normalized spacial score (nSPS) is 29.6. The van der Waals surface area contributed by atoms with Gasteiger partial charge in [0, 0.05) is 0 Å². The van der Waals surface area contributed by atoms with Gasteiger partial charge in [0.05, 0.1) is 0 Å². The van der Waals surface area contributed by atoms with Crippen LogP contribution in [0.1, 0.15) is 26.2 Å². The molecule has 1 unspecified atom stereocenters. The summed E-state index contributed by atoms with van der Waals surface area (Å²) in [6.07, 6.45) is 6.63. The van der Waals surface area contributed by atoms with Gasteiger partial charge >= 0.3 is 17.1 Å². The Hall–Kier alpha value is 0.519. The second-order valence-corrected chi connectivity index (χ2v) is 2.14. The van der Waals surface area contributed by atoms with Crippen molar-refractivity contribution in [2.75, 3.05) is 0 Å². The van der Waals surface area contributed by atoms with Gasteiger partial charge in [-0.15, -0.1) is 0 Å². The van der Waals surface area contributed by atoms with E-state index in [1.54, 1.807) is 0 Å². The summed E-state index contributed by atoms with van der Waals surface area (Å²) >= 11 is 0. The third-order valence-electron chi connectivity index (χ3n) is 1.43. The molecule has 0 radical (unpaired) electrons. The number of rotatable bonds is 0. The monoisotopic (exact) mass is 146 g/mol. The van der Waals surface area contributed by atoms with E-state index in [1.807, 2.05) is 0 Å². The zero-order valence-corrected chi connectivity index (χ0v) is 5.52. The first kappa shape index (κ1) is 7.52. The van der Waals surface area contributed by atoms with Gasteiger partial charge in [-0.05, 0) is 0 Å². The fraction of sp³-hybridized carbons (Fsp3) is 0.833. The Kier molecular flexibility index (Phi) is 3.77. The van der Waals surface area contributed by atoms with Crippen molar-refractivity contribution >= 4 is 0 Å². The molecule has 1 fully saturated rings. The smallest absolute Gasteiger partial charge is 0.326 e. The molecule has 1 saturated carbocycles. The van der Waals surface area contributed by atoms with Crippen molar-refractivity contribution in [1.29, 1.82) is 0 Å². The standard InChI is InChI=1S/C6H11.Cu/c1-6-4-2-3-5-6;/h4,6H,2-3,5H2,1H3;/q-1;+1. The third kappa shape index (κ3) is 2.36. The van der Waals surface area contributed by atoms with E-state index in [0.29, 0.717) is 0 Å². The zero-order valence-electron chi connectivity index (χ0n) is 4.58. The Labute approximate surface area is 56.2 Å². The first-order valence-corrected chi connectivity index (χ1v) is 2.73. The molecule has 46 valence electrons. The molecule has 0 N–H and O–H groups in total. The molecule has 1 heteroatoms. The SMILES string of the molecule is CC1[CH-]CCC1.[Cu+]. The maximum Gasteiger partial charge on any atom is 1.00 e. The van der Waals surface area contributed by atoms with Gasteiger partial charge in [-0.3, -0.25) is 0 Å². The van der Waals surface area contributed by atoms with E-state index < -0.39 is 0 Å². The van der Waals surface area contributed by atoms with Crippen molar-refractivity contribution in [1.82, 2.24) is 0 Å². The van der Waals surface area contributed by atoms with Crippen LogP contribution in [0, 0.1) is 12.3 Å². The van der Waals surface area contributed by atoms with Crippen molar-refractivity contribution in [2.24, 2.45) is 5.92 Å². The molecular formula is C6H11Cu. The van der Waals surface area contributed by atoms with Crippen molar-refractivity contribution < 1.29 is 17.1 Å². The largest absolute Gasteiger partial charge is 1.00 e. The molecule has 0 saturated heterocycles. The van der Waals surface area contributed by atoms with Gasteiger partial charge in [0.2, 0.25) is 0 Å². The van der Waals surface area contributed by atoms with Crippen molar-refractivity contribution in [3.05, 3.63) is 6.42 Å². The first-order valence-electron chi connectivity index (χ1n) is 2.73. The quantitative estimate of drug-likeness (QED) is 0.362. The van der Waals surface area contributed by atoms with Crippen LogP contribution in [0.2, 0.25) is 0 Å². The van der Waals surface area contributed by atoms with E-state index in [0.717, 1.165) is 5.92 Å². The summed E-state index contributed by atoms with van der Waals surface area (Å²) in [5, 5.41) is 0. The summed E-state index contributed by atoms with van der Waals surface area (Å²) in [4.78, 5) is 0. The van der Waals surface area contributed by atoms with Gasteiger partial charge in [0.1, 0.15) is 0 Å². The predicted octanol–water partition coefficient (Wildman–Crippen LogP) is 2.01. The summed E-state index contributed by atoms with van der Waals surface area (Å²) < 4.78 is 0. The number of hydrogen-bond acceptors (Lipinski definition) is 0. The average molecular weight is 147 g/mol. The molecule has 0 nitrogen and oxygen atoms in total. The summed E-state index contributed by atoms with van der Waals surface area (Å²) in [6, 6.07) is 0. The Morgan fingerprint density at radius 2 is 2.29 bits per heavy atom. The van der Waals surface area contributed by atoms with E-state index in [9.17, 15) is 0 Å².